The SMILES string of the molecule is Cc1ccccc1C1=CC=CC(Nc2nccc3cc(CN4CC[C@@H](O)C4)cnc23)(c2nc3cc(CNC4CC(C(=O)O)C4)cc(C#N)c3o2)C1C. The first kappa shape index (κ1) is 33.7. The predicted octanol–water partition coefficient (Wildman–Crippen LogP) is 6.07. The number of β-amino-alcohol motifs (C(OH)–C–C–N with tert-alkyl or cyclic N) is 1. The Balaban J connectivity index is 1.17. The zero-order valence-corrected chi connectivity index (χ0v) is 29.2. The highest BCUT2D eigenvalue weighted by Gasteiger charge is 2.45. The molecule has 0 radical (unpaired) electrons. The molecule has 3 aliphatic rings. The highest BCUT2D eigenvalue weighted by atomic mass is 16.4. The molecule has 0 amide bonds. The molecule has 1 saturated heterocycles. The Hall–Kier alpha value is -5.41. The fraction of sp³-hybridized carbons (Fsp3) is 0.341. The molecule has 4 heterocycles. The molecular weight excluding hydrogens is 654 g/mol. The van der Waals surface area contributed by atoms with E-state index < -0.39 is 11.5 Å². The van der Waals surface area contributed by atoms with Crippen LogP contribution in [0.4, 0.5) is 5.82 Å². The summed E-state index contributed by atoms with van der Waals surface area (Å²) in [7, 11) is 0. The lowest BCUT2D eigenvalue weighted by Crippen LogP contribution is -2.43. The van der Waals surface area contributed by atoms with Crippen molar-refractivity contribution < 1.29 is 19.4 Å². The van der Waals surface area contributed by atoms with Crippen molar-refractivity contribution in [3.05, 3.63) is 113 Å². The number of rotatable bonds is 10. The molecule has 3 aromatic heterocycles. The van der Waals surface area contributed by atoms with Gasteiger partial charge in [0.05, 0.1) is 17.6 Å². The molecule has 2 aromatic carbocycles. The quantitative estimate of drug-likeness (QED) is 0.134. The molecule has 0 spiro atoms. The van der Waals surface area contributed by atoms with Gasteiger partial charge in [0, 0.05) is 55.9 Å². The van der Waals surface area contributed by atoms with Gasteiger partial charge in [-0.05, 0) is 84.4 Å². The largest absolute Gasteiger partial charge is 0.481 e. The van der Waals surface area contributed by atoms with Gasteiger partial charge in [-0.1, -0.05) is 43.3 Å². The van der Waals surface area contributed by atoms with Crippen LogP contribution < -0.4 is 10.6 Å². The van der Waals surface area contributed by atoms with E-state index in [2.05, 4.69) is 65.8 Å². The number of aliphatic carboxylic acids is 1. The van der Waals surface area contributed by atoms with Crippen molar-refractivity contribution in [1.82, 2.24) is 25.2 Å². The number of nitrogens with zero attached hydrogens (tertiary/aromatic N) is 5. The second-order valence-electron chi connectivity index (χ2n) is 14.5. The average molecular weight is 696 g/mol. The van der Waals surface area contributed by atoms with Crippen molar-refractivity contribution in [3.8, 4) is 6.07 Å². The number of allylic oxidation sites excluding steroid dienone is 2. The Morgan fingerprint density at radius 2 is 2.00 bits per heavy atom. The van der Waals surface area contributed by atoms with Crippen LogP contribution in [0.5, 0.6) is 0 Å². The Bertz CT molecular complexity index is 2280. The van der Waals surface area contributed by atoms with Gasteiger partial charge in [-0.3, -0.25) is 14.7 Å². The van der Waals surface area contributed by atoms with E-state index >= 15 is 0 Å². The molecule has 2 aliphatic carbocycles. The molecule has 11 heteroatoms. The summed E-state index contributed by atoms with van der Waals surface area (Å²) in [6.45, 7) is 6.96. The molecule has 52 heavy (non-hydrogen) atoms. The number of pyridine rings is 2. The summed E-state index contributed by atoms with van der Waals surface area (Å²) in [5.41, 5.74) is 6.36. The molecule has 1 aliphatic heterocycles. The fourth-order valence-corrected chi connectivity index (χ4v) is 7.91. The van der Waals surface area contributed by atoms with Crippen LogP contribution in [0, 0.1) is 30.1 Å². The van der Waals surface area contributed by atoms with E-state index in [0.29, 0.717) is 66.4 Å². The number of aryl methyl sites for hydroxylation is 1. The summed E-state index contributed by atoms with van der Waals surface area (Å²) < 4.78 is 6.62. The molecule has 4 N–H and O–H groups in total. The first-order chi connectivity index (χ1) is 25.2. The first-order valence-corrected chi connectivity index (χ1v) is 17.9. The van der Waals surface area contributed by atoms with Crippen LogP contribution in [-0.2, 0) is 23.4 Å². The fourth-order valence-electron chi connectivity index (χ4n) is 7.91. The van der Waals surface area contributed by atoms with Gasteiger partial charge >= 0.3 is 5.97 Å². The summed E-state index contributed by atoms with van der Waals surface area (Å²) in [5, 5.41) is 37.7. The molecule has 0 bridgehead atoms. The van der Waals surface area contributed by atoms with Crippen molar-refractivity contribution in [2.24, 2.45) is 11.8 Å². The van der Waals surface area contributed by atoms with Gasteiger partial charge in [0.2, 0.25) is 5.89 Å². The molecule has 3 atom stereocenters. The van der Waals surface area contributed by atoms with E-state index in [0.717, 1.165) is 46.2 Å². The van der Waals surface area contributed by atoms with Gasteiger partial charge in [0.15, 0.2) is 11.4 Å². The van der Waals surface area contributed by atoms with Crippen LogP contribution in [0.2, 0.25) is 0 Å². The lowest BCUT2D eigenvalue weighted by molar-refractivity contribution is -0.145. The van der Waals surface area contributed by atoms with E-state index in [1.807, 2.05) is 42.6 Å². The number of hydrogen-bond donors (Lipinski definition) is 4. The van der Waals surface area contributed by atoms with E-state index in [9.17, 15) is 20.3 Å². The lowest BCUT2D eigenvalue weighted by atomic mass is 9.73. The van der Waals surface area contributed by atoms with Crippen molar-refractivity contribution in [2.75, 3.05) is 18.4 Å². The Labute approximate surface area is 301 Å². The zero-order valence-electron chi connectivity index (χ0n) is 29.2. The van der Waals surface area contributed by atoms with Gasteiger partial charge in [-0.15, -0.1) is 0 Å². The Kier molecular flexibility index (Phi) is 8.83. The third-order valence-corrected chi connectivity index (χ3v) is 11.0. The number of nitrogens with one attached hydrogen (secondary N) is 2. The van der Waals surface area contributed by atoms with Crippen LogP contribution in [0.1, 0.15) is 59.9 Å². The second kappa shape index (κ2) is 13.6. The van der Waals surface area contributed by atoms with Crippen LogP contribution in [0.3, 0.4) is 0 Å². The number of carboxylic acid groups (broad SMARTS) is 1. The average Bonchev–Trinajstić information content (AvgIpc) is 3.74. The number of aromatic nitrogens is 3. The van der Waals surface area contributed by atoms with Crippen LogP contribution in [0.15, 0.2) is 83.6 Å². The van der Waals surface area contributed by atoms with Gasteiger partial charge in [0.25, 0.3) is 0 Å². The molecule has 11 nitrogen and oxygen atoms in total. The van der Waals surface area contributed by atoms with Crippen LogP contribution >= 0.6 is 0 Å². The molecule has 2 unspecified atom stereocenters. The predicted molar refractivity (Wildman–Crippen MR) is 198 cm³/mol. The third-order valence-electron chi connectivity index (χ3n) is 11.0. The van der Waals surface area contributed by atoms with Crippen molar-refractivity contribution in [1.29, 1.82) is 5.26 Å². The smallest absolute Gasteiger partial charge is 0.306 e. The normalized spacial score (nSPS) is 24.5. The molecule has 264 valence electrons. The number of aliphatic hydroxyl groups is 1. The zero-order chi connectivity index (χ0) is 36.0. The maximum absolute atomic E-state index is 11.3. The summed E-state index contributed by atoms with van der Waals surface area (Å²) in [6.07, 6.45) is 11.5. The van der Waals surface area contributed by atoms with Crippen molar-refractivity contribution in [2.45, 2.75) is 63.9 Å². The number of anilines is 1. The van der Waals surface area contributed by atoms with Gasteiger partial charge in [0.1, 0.15) is 22.6 Å². The maximum atomic E-state index is 11.3. The number of fused-ring (bicyclic) bond motifs is 2. The summed E-state index contributed by atoms with van der Waals surface area (Å²) >= 11 is 0. The Morgan fingerprint density at radius 1 is 1.15 bits per heavy atom. The number of benzene rings is 2. The highest BCUT2D eigenvalue weighted by molar-refractivity contribution is 5.89. The third kappa shape index (κ3) is 6.23. The number of carboxylic acids is 1. The summed E-state index contributed by atoms with van der Waals surface area (Å²) in [5.74, 6) is -0.279. The number of nitriles is 1. The van der Waals surface area contributed by atoms with Gasteiger partial charge in [-0.25, -0.2) is 9.97 Å². The van der Waals surface area contributed by atoms with E-state index in [-0.39, 0.29) is 24.0 Å². The van der Waals surface area contributed by atoms with Crippen LogP contribution in [0.25, 0.3) is 27.6 Å². The standard InChI is InChI=1S/C41H41N7O4/c1-24-6-3-4-7-33(24)34-8-5-11-41(25(34)2,47-38-36-28(9-12-43-38)15-27(21-45-36)22-48-13-10-32(49)23-48)40-46-35-16-26(14-30(19-42)37(35)52-40)20-44-31-17-29(18-31)39(50)51/h3-9,11-12,14-16,21,25,29,31-32,44,49H,10,13,17-18,20,22-23H2,1-2H3,(H,43,47)(H,50,51)/t25?,29?,31?,32-,41?/m1/s1. The monoisotopic (exact) mass is 695 g/mol. The van der Waals surface area contributed by atoms with Crippen molar-refractivity contribution >= 4 is 39.4 Å². The van der Waals surface area contributed by atoms with Crippen molar-refractivity contribution in [3.63, 3.8) is 0 Å². The van der Waals surface area contributed by atoms with E-state index in [4.69, 9.17) is 19.4 Å². The number of aliphatic hydroxyl groups excluding tert-OH is 1. The molecular formula is C41H41N7O4. The van der Waals surface area contributed by atoms with Gasteiger partial charge in [-0.2, -0.15) is 5.26 Å². The molecule has 5 aromatic rings. The van der Waals surface area contributed by atoms with Crippen LogP contribution in [-0.4, -0.2) is 61.3 Å². The molecule has 2 fully saturated rings. The lowest BCUT2D eigenvalue weighted by Gasteiger charge is -2.39. The number of likely N-dealkylation sites (tertiary alicyclic amines) is 1. The minimum atomic E-state index is -1.01. The highest BCUT2D eigenvalue weighted by Crippen LogP contribution is 2.46. The number of hydrogen-bond acceptors (Lipinski definition) is 10. The summed E-state index contributed by atoms with van der Waals surface area (Å²) in [6, 6.07) is 18.6. The minimum Gasteiger partial charge on any atom is -0.481 e. The number of carbonyl (C=O) groups is 1. The Morgan fingerprint density at radius 3 is 2.77 bits per heavy atom. The minimum absolute atomic E-state index is 0.119. The summed E-state index contributed by atoms with van der Waals surface area (Å²) in [4.78, 5) is 28.3. The first-order valence-electron chi connectivity index (χ1n) is 17.9. The second-order valence-corrected chi connectivity index (χ2v) is 14.5. The van der Waals surface area contributed by atoms with E-state index in [1.165, 1.54) is 0 Å². The van der Waals surface area contributed by atoms with Gasteiger partial charge < -0.3 is 25.3 Å². The molecule has 8 rings (SSSR count). The molecule has 1 saturated carbocycles. The maximum Gasteiger partial charge on any atom is 0.306 e. The number of oxazole rings is 1. The van der Waals surface area contributed by atoms with E-state index in [1.54, 1.807) is 6.20 Å². The topological polar surface area (TPSA) is 160 Å².